The topological polar surface area (TPSA) is 71.4 Å². The van der Waals surface area contributed by atoms with Crippen molar-refractivity contribution < 1.29 is 59.0 Å². The predicted octanol–water partition coefficient (Wildman–Crippen LogP) is 3.07. The van der Waals surface area contributed by atoms with Crippen molar-refractivity contribution in [1.82, 2.24) is 0 Å². The third-order valence-electron chi connectivity index (χ3n) is 2.79. The van der Waals surface area contributed by atoms with Crippen molar-refractivity contribution in [1.29, 1.82) is 0 Å². The van der Waals surface area contributed by atoms with Crippen LogP contribution in [0.4, 0.5) is 39.5 Å². The number of carboxylic acids is 1. The molecule has 1 unspecified atom stereocenters. The summed E-state index contributed by atoms with van der Waals surface area (Å²) >= 11 is 0. The SMILES string of the molecule is CC(=O)C(C(=O)O)(C(=O)C=CC(C(F)(F)F)C(F)(F)F)C(F)(F)F. The summed E-state index contributed by atoms with van der Waals surface area (Å²) in [6.45, 7) is 0.0123. The van der Waals surface area contributed by atoms with Gasteiger partial charge < -0.3 is 5.11 Å². The van der Waals surface area contributed by atoms with Gasteiger partial charge in [0.1, 0.15) is 0 Å². The van der Waals surface area contributed by atoms with Crippen LogP contribution >= 0.6 is 0 Å². The zero-order valence-electron chi connectivity index (χ0n) is 11.3. The van der Waals surface area contributed by atoms with E-state index in [0.717, 1.165) is 0 Å². The Kier molecular flexibility index (Phi) is 5.88. The van der Waals surface area contributed by atoms with Crippen molar-refractivity contribution in [3.05, 3.63) is 12.2 Å². The monoisotopic (exact) mass is 374 g/mol. The number of hydrogen-bond donors (Lipinski definition) is 1. The molecule has 0 aliphatic rings. The highest BCUT2D eigenvalue weighted by molar-refractivity contribution is 6.25. The third kappa shape index (κ3) is 4.06. The number of Topliss-reactive ketones (excluding diaryl/α,β-unsaturated/α-hetero) is 1. The average molecular weight is 374 g/mol. The lowest BCUT2D eigenvalue weighted by Gasteiger charge is -2.26. The molecular weight excluding hydrogens is 367 g/mol. The number of allylic oxidation sites excluding steroid dienone is 2. The quantitative estimate of drug-likeness (QED) is 0.456. The Balaban J connectivity index is 6.14. The van der Waals surface area contributed by atoms with Gasteiger partial charge in [-0.2, -0.15) is 39.5 Å². The van der Waals surface area contributed by atoms with E-state index in [4.69, 9.17) is 5.11 Å². The summed E-state index contributed by atoms with van der Waals surface area (Å²) in [5.41, 5.74) is -4.80. The lowest BCUT2D eigenvalue weighted by molar-refractivity contribution is -0.267. The molecule has 1 atom stereocenters. The molecule has 0 aromatic carbocycles. The van der Waals surface area contributed by atoms with Crippen LogP contribution in [0.2, 0.25) is 0 Å². The molecule has 13 heteroatoms. The van der Waals surface area contributed by atoms with E-state index < -0.39 is 59.5 Å². The number of ketones is 2. The maximum absolute atomic E-state index is 12.8. The number of alkyl halides is 9. The molecule has 1 N–H and O–H groups in total. The Morgan fingerprint density at radius 2 is 1.25 bits per heavy atom. The Hall–Kier alpha value is -2.08. The first kappa shape index (κ1) is 21.9. The molecule has 0 bridgehead atoms. The van der Waals surface area contributed by atoms with Crippen LogP contribution in [0.3, 0.4) is 0 Å². The zero-order valence-corrected chi connectivity index (χ0v) is 11.3. The molecule has 0 fully saturated rings. The maximum Gasteiger partial charge on any atom is 0.419 e. The molecule has 138 valence electrons. The number of aliphatic carboxylic acids is 1. The summed E-state index contributed by atoms with van der Waals surface area (Å²) in [6, 6.07) is 0. The van der Waals surface area contributed by atoms with Crippen molar-refractivity contribution in [3.63, 3.8) is 0 Å². The first-order valence-electron chi connectivity index (χ1n) is 5.57. The molecule has 0 heterocycles. The van der Waals surface area contributed by atoms with E-state index in [9.17, 15) is 53.9 Å². The minimum absolute atomic E-state index is 0.0123. The summed E-state index contributed by atoms with van der Waals surface area (Å²) in [5.74, 6) is -12.5. The fraction of sp³-hybridized carbons (Fsp3) is 0.545. The number of carbonyl (C=O) groups is 3. The van der Waals surface area contributed by atoms with Gasteiger partial charge in [-0.05, 0) is 13.0 Å². The molecule has 4 nitrogen and oxygen atoms in total. The lowest BCUT2D eigenvalue weighted by atomic mass is 9.78. The minimum atomic E-state index is -6.09. The molecule has 0 aromatic rings. The van der Waals surface area contributed by atoms with Gasteiger partial charge >= 0.3 is 24.5 Å². The fourth-order valence-electron chi connectivity index (χ4n) is 1.60. The highest BCUT2D eigenvalue weighted by Gasteiger charge is 2.69. The van der Waals surface area contributed by atoms with Crippen molar-refractivity contribution in [2.75, 3.05) is 0 Å². The molecule has 0 aromatic heterocycles. The number of halogens is 9. The standard InChI is InChI=1S/C11H7F9O4/c1-4(21)8(7(23)24,11(18,19)20)6(22)3-2-5(9(12,13)14)10(15,16)17/h2-3,5H,1H3,(H,23,24). The van der Waals surface area contributed by atoms with E-state index in [1.807, 2.05) is 0 Å². The van der Waals surface area contributed by atoms with E-state index >= 15 is 0 Å². The average Bonchev–Trinajstić information content (AvgIpc) is 2.21. The van der Waals surface area contributed by atoms with Gasteiger partial charge in [-0.3, -0.25) is 14.4 Å². The van der Waals surface area contributed by atoms with E-state index in [1.54, 1.807) is 0 Å². The highest BCUT2D eigenvalue weighted by atomic mass is 19.4. The van der Waals surface area contributed by atoms with Crippen LogP contribution in [-0.4, -0.2) is 41.2 Å². The summed E-state index contributed by atoms with van der Waals surface area (Å²) < 4.78 is 112. The number of carbonyl (C=O) groups excluding carboxylic acids is 2. The van der Waals surface area contributed by atoms with Crippen molar-refractivity contribution in [3.8, 4) is 0 Å². The smallest absolute Gasteiger partial charge is 0.419 e. The first-order chi connectivity index (χ1) is 10.4. The molecule has 0 aliphatic heterocycles. The molecule has 24 heavy (non-hydrogen) atoms. The Morgan fingerprint density at radius 3 is 1.46 bits per heavy atom. The normalized spacial score (nSPS) is 16.3. The van der Waals surface area contributed by atoms with Gasteiger partial charge in [-0.25, -0.2) is 0 Å². The molecule has 0 amide bonds. The molecule has 0 rings (SSSR count). The second-order valence-corrected chi connectivity index (χ2v) is 4.39. The number of carboxylic acid groups (broad SMARTS) is 1. The molecule has 0 radical (unpaired) electrons. The third-order valence-corrected chi connectivity index (χ3v) is 2.79. The van der Waals surface area contributed by atoms with Gasteiger partial charge in [-0.15, -0.1) is 0 Å². The van der Waals surface area contributed by atoms with Gasteiger partial charge in [0, 0.05) is 0 Å². The maximum atomic E-state index is 12.8. The summed E-state index contributed by atoms with van der Waals surface area (Å²) in [6.07, 6.45) is -19.9. The Labute approximate surface area is 126 Å². The Morgan fingerprint density at radius 1 is 0.875 bits per heavy atom. The van der Waals surface area contributed by atoms with Crippen molar-refractivity contribution in [2.45, 2.75) is 25.5 Å². The molecule has 0 saturated carbocycles. The molecule has 0 aliphatic carbocycles. The summed E-state index contributed by atoms with van der Waals surface area (Å²) in [7, 11) is 0. The van der Waals surface area contributed by atoms with Crippen LogP contribution in [0.25, 0.3) is 0 Å². The van der Waals surface area contributed by atoms with Crippen LogP contribution in [0.1, 0.15) is 6.92 Å². The van der Waals surface area contributed by atoms with E-state index in [0.29, 0.717) is 0 Å². The molecular formula is C11H7F9O4. The van der Waals surface area contributed by atoms with Crippen LogP contribution < -0.4 is 0 Å². The van der Waals surface area contributed by atoms with Crippen molar-refractivity contribution in [2.24, 2.45) is 11.3 Å². The molecule has 0 saturated heterocycles. The van der Waals surface area contributed by atoms with E-state index in [1.165, 1.54) is 0 Å². The Bertz CT molecular complexity index is 525. The first-order valence-corrected chi connectivity index (χ1v) is 5.57. The van der Waals surface area contributed by atoms with Gasteiger partial charge in [0.05, 0.1) is 0 Å². The van der Waals surface area contributed by atoms with Gasteiger partial charge in [0.25, 0.3) is 5.41 Å². The largest absolute Gasteiger partial charge is 0.480 e. The van der Waals surface area contributed by atoms with Crippen LogP contribution in [0.5, 0.6) is 0 Å². The van der Waals surface area contributed by atoms with Gasteiger partial charge in [0.2, 0.25) is 0 Å². The minimum Gasteiger partial charge on any atom is -0.480 e. The summed E-state index contributed by atoms with van der Waals surface area (Å²) in [5, 5.41) is 8.55. The van der Waals surface area contributed by atoms with Crippen LogP contribution in [0.15, 0.2) is 12.2 Å². The van der Waals surface area contributed by atoms with E-state index in [-0.39, 0.29) is 6.92 Å². The predicted molar refractivity (Wildman–Crippen MR) is 56.6 cm³/mol. The van der Waals surface area contributed by atoms with Gasteiger partial charge in [0.15, 0.2) is 17.5 Å². The molecule has 0 spiro atoms. The van der Waals surface area contributed by atoms with Crippen molar-refractivity contribution >= 4 is 17.5 Å². The van der Waals surface area contributed by atoms with E-state index in [2.05, 4.69) is 0 Å². The lowest BCUT2D eigenvalue weighted by Crippen LogP contribution is -2.55. The number of hydrogen-bond acceptors (Lipinski definition) is 3. The van der Waals surface area contributed by atoms with Gasteiger partial charge in [-0.1, -0.05) is 6.08 Å². The fourth-order valence-corrected chi connectivity index (χ4v) is 1.60. The van der Waals surface area contributed by atoms with Crippen LogP contribution in [-0.2, 0) is 14.4 Å². The van der Waals surface area contributed by atoms with Crippen LogP contribution in [0, 0.1) is 11.3 Å². The zero-order chi connectivity index (χ0) is 19.7. The second-order valence-electron chi connectivity index (χ2n) is 4.39. The highest BCUT2D eigenvalue weighted by Crippen LogP contribution is 2.43. The summed E-state index contributed by atoms with van der Waals surface area (Å²) in [4.78, 5) is 33.2. The number of rotatable bonds is 5. The second kappa shape index (κ2) is 6.43.